The van der Waals surface area contributed by atoms with E-state index in [1.807, 2.05) is 19.1 Å². The molecule has 1 saturated carbocycles. The molecule has 0 aliphatic heterocycles. The Morgan fingerprint density at radius 3 is 2.74 bits per heavy atom. The Bertz CT molecular complexity index is 725. The Labute approximate surface area is 159 Å². The fourth-order valence-electron chi connectivity index (χ4n) is 2.86. The zero-order valence-corrected chi connectivity index (χ0v) is 15.9. The Kier molecular flexibility index (Phi) is 6.84. The number of oxazole rings is 1. The highest BCUT2D eigenvalue weighted by atomic mass is 16.5. The number of aromatic nitrogens is 1. The maximum Gasteiger partial charge on any atom is 0.273 e. The van der Waals surface area contributed by atoms with E-state index in [0.717, 1.165) is 12.3 Å². The van der Waals surface area contributed by atoms with Gasteiger partial charge in [-0.1, -0.05) is 12.1 Å². The van der Waals surface area contributed by atoms with Crippen molar-refractivity contribution in [2.45, 2.75) is 38.9 Å². The van der Waals surface area contributed by atoms with Gasteiger partial charge in [0.15, 0.2) is 5.69 Å². The molecule has 0 bridgehead atoms. The highest BCUT2D eigenvalue weighted by molar-refractivity contribution is 5.91. The van der Waals surface area contributed by atoms with E-state index in [9.17, 15) is 4.79 Å². The number of amides is 1. The van der Waals surface area contributed by atoms with Crippen molar-refractivity contribution in [2.75, 3.05) is 26.9 Å². The third kappa shape index (κ3) is 5.80. The van der Waals surface area contributed by atoms with E-state index < -0.39 is 0 Å². The number of carbonyl (C=O) groups is 1. The smallest absolute Gasteiger partial charge is 0.273 e. The molecule has 0 radical (unpaired) electrons. The molecule has 1 aromatic heterocycles. The van der Waals surface area contributed by atoms with Crippen LogP contribution >= 0.6 is 0 Å². The quantitative estimate of drug-likeness (QED) is 0.610. The molecule has 0 unspecified atom stereocenters. The lowest BCUT2D eigenvalue weighted by molar-refractivity contribution is 0.0932. The van der Waals surface area contributed by atoms with E-state index in [-0.39, 0.29) is 5.91 Å². The topological polar surface area (TPSA) is 76.8 Å². The molecule has 0 saturated heterocycles. The molecule has 0 atom stereocenters. The monoisotopic (exact) mass is 373 g/mol. The average Bonchev–Trinajstić information content (AvgIpc) is 3.42. The van der Waals surface area contributed by atoms with Crippen molar-refractivity contribution < 1.29 is 18.7 Å². The molecule has 3 rings (SSSR count). The maximum atomic E-state index is 12.0. The van der Waals surface area contributed by atoms with Gasteiger partial charge >= 0.3 is 0 Å². The van der Waals surface area contributed by atoms with Crippen molar-refractivity contribution >= 4 is 5.91 Å². The molecule has 2 aromatic rings. The number of benzene rings is 1. The Hall–Kier alpha value is -2.38. The van der Waals surface area contributed by atoms with Crippen LogP contribution in [0.3, 0.4) is 0 Å². The number of hydrogen-bond acceptors (Lipinski definition) is 6. The van der Waals surface area contributed by atoms with Gasteiger partial charge in [-0.15, -0.1) is 0 Å². The van der Waals surface area contributed by atoms with Gasteiger partial charge in [0.05, 0.1) is 19.8 Å². The fraction of sp³-hybridized carbons (Fsp3) is 0.500. The number of nitrogens with zero attached hydrogens (tertiary/aromatic N) is 2. The number of carbonyl (C=O) groups excluding carboxylic acids is 1. The minimum absolute atomic E-state index is 0.244. The van der Waals surface area contributed by atoms with Gasteiger partial charge in [0.1, 0.15) is 12.0 Å². The van der Waals surface area contributed by atoms with Gasteiger partial charge in [0.25, 0.3) is 5.91 Å². The van der Waals surface area contributed by atoms with Gasteiger partial charge in [-0.25, -0.2) is 4.98 Å². The largest absolute Gasteiger partial charge is 0.494 e. The van der Waals surface area contributed by atoms with Gasteiger partial charge in [0.2, 0.25) is 5.89 Å². The van der Waals surface area contributed by atoms with E-state index in [4.69, 9.17) is 13.9 Å². The summed E-state index contributed by atoms with van der Waals surface area (Å²) in [6.45, 7) is 4.96. The molecular formula is C20H27N3O4. The van der Waals surface area contributed by atoms with Crippen LogP contribution in [-0.4, -0.2) is 48.7 Å². The Balaban J connectivity index is 1.57. The number of methoxy groups -OCH3 is 1. The van der Waals surface area contributed by atoms with Crippen molar-refractivity contribution in [1.29, 1.82) is 0 Å². The Morgan fingerprint density at radius 2 is 2.07 bits per heavy atom. The van der Waals surface area contributed by atoms with Crippen molar-refractivity contribution in [1.82, 2.24) is 15.2 Å². The summed E-state index contributed by atoms with van der Waals surface area (Å²) in [5.74, 6) is 1.20. The summed E-state index contributed by atoms with van der Waals surface area (Å²) in [6, 6.07) is 8.71. The molecule has 7 heteroatoms. The molecule has 1 aliphatic rings. The lowest BCUT2D eigenvalue weighted by Gasteiger charge is -2.20. The third-order valence-corrected chi connectivity index (χ3v) is 4.40. The van der Waals surface area contributed by atoms with Crippen molar-refractivity contribution in [3.05, 3.63) is 47.7 Å². The van der Waals surface area contributed by atoms with Crippen LogP contribution in [0.1, 0.15) is 41.7 Å². The highest BCUT2D eigenvalue weighted by Crippen LogP contribution is 2.30. The molecular weight excluding hydrogens is 346 g/mol. The molecule has 146 valence electrons. The summed E-state index contributed by atoms with van der Waals surface area (Å²) < 4.78 is 15.9. The lowest BCUT2D eigenvalue weighted by Crippen LogP contribution is -2.27. The normalized spacial score (nSPS) is 13.7. The van der Waals surface area contributed by atoms with Crippen LogP contribution < -0.4 is 10.1 Å². The minimum Gasteiger partial charge on any atom is -0.494 e. The first-order valence-electron chi connectivity index (χ1n) is 9.37. The number of hydrogen-bond donors (Lipinski definition) is 1. The standard InChI is InChI=1S/C20H27N3O4/c1-3-26-17-8-4-15(5-9-17)12-23(16-6-7-16)13-19-22-18(14-27-19)20(24)21-10-11-25-2/h4-5,8-9,14,16H,3,6-7,10-13H2,1-2H3,(H,21,24). The van der Waals surface area contributed by atoms with Crippen LogP contribution in [0.5, 0.6) is 5.75 Å². The fourth-order valence-corrected chi connectivity index (χ4v) is 2.86. The Morgan fingerprint density at radius 1 is 1.30 bits per heavy atom. The van der Waals surface area contributed by atoms with Gasteiger partial charge in [0, 0.05) is 26.2 Å². The summed E-state index contributed by atoms with van der Waals surface area (Å²) in [5, 5.41) is 2.75. The van der Waals surface area contributed by atoms with E-state index in [1.54, 1.807) is 7.11 Å². The number of rotatable bonds is 11. The second-order valence-corrected chi connectivity index (χ2v) is 6.59. The number of ether oxygens (including phenoxy) is 2. The SMILES string of the molecule is CCOc1ccc(CN(Cc2nc(C(=O)NCCOC)co2)C2CC2)cc1. The summed E-state index contributed by atoms with van der Waals surface area (Å²) in [7, 11) is 1.59. The van der Waals surface area contributed by atoms with E-state index in [0.29, 0.717) is 43.9 Å². The van der Waals surface area contributed by atoms with Crippen molar-refractivity contribution in [3.8, 4) is 5.75 Å². The second-order valence-electron chi connectivity index (χ2n) is 6.59. The molecule has 1 aromatic carbocycles. The molecule has 1 N–H and O–H groups in total. The molecule has 7 nitrogen and oxygen atoms in total. The third-order valence-electron chi connectivity index (χ3n) is 4.40. The number of nitrogens with one attached hydrogen (secondary N) is 1. The average molecular weight is 373 g/mol. The molecule has 1 fully saturated rings. The predicted octanol–water partition coefficient (Wildman–Crippen LogP) is 2.61. The van der Waals surface area contributed by atoms with Crippen LogP contribution in [0, 0.1) is 0 Å². The van der Waals surface area contributed by atoms with Gasteiger partial charge in [-0.2, -0.15) is 0 Å². The summed E-state index contributed by atoms with van der Waals surface area (Å²) in [6.07, 6.45) is 3.78. The second kappa shape index (κ2) is 9.53. The molecule has 1 amide bonds. The molecule has 27 heavy (non-hydrogen) atoms. The first-order chi connectivity index (χ1) is 13.2. The zero-order chi connectivity index (χ0) is 19.1. The van der Waals surface area contributed by atoms with Crippen LogP contribution in [0.25, 0.3) is 0 Å². The minimum atomic E-state index is -0.244. The first kappa shape index (κ1) is 19.4. The lowest BCUT2D eigenvalue weighted by atomic mass is 10.2. The van der Waals surface area contributed by atoms with E-state index >= 15 is 0 Å². The molecule has 1 heterocycles. The summed E-state index contributed by atoms with van der Waals surface area (Å²) >= 11 is 0. The van der Waals surface area contributed by atoms with Crippen LogP contribution in [0.4, 0.5) is 0 Å². The summed E-state index contributed by atoms with van der Waals surface area (Å²) in [5.41, 5.74) is 1.52. The highest BCUT2D eigenvalue weighted by Gasteiger charge is 2.30. The van der Waals surface area contributed by atoms with Crippen LogP contribution in [-0.2, 0) is 17.8 Å². The maximum absolute atomic E-state index is 12.0. The first-order valence-corrected chi connectivity index (χ1v) is 9.37. The zero-order valence-electron chi connectivity index (χ0n) is 15.9. The van der Waals surface area contributed by atoms with Gasteiger partial charge in [-0.05, 0) is 37.5 Å². The predicted molar refractivity (Wildman–Crippen MR) is 101 cm³/mol. The van der Waals surface area contributed by atoms with E-state index in [1.165, 1.54) is 24.7 Å². The van der Waals surface area contributed by atoms with Gasteiger partial charge < -0.3 is 19.2 Å². The molecule has 1 aliphatic carbocycles. The van der Waals surface area contributed by atoms with E-state index in [2.05, 4.69) is 27.3 Å². The summed E-state index contributed by atoms with van der Waals surface area (Å²) in [4.78, 5) is 18.7. The van der Waals surface area contributed by atoms with Crippen molar-refractivity contribution in [3.63, 3.8) is 0 Å². The van der Waals surface area contributed by atoms with Crippen molar-refractivity contribution in [2.24, 2.45) is 0 Å². The van der Waals surface area contributed by atoms with Crippen LogP contribution in [0.2, 0.25) is 0 Å². The molecule has 0 spiro atoms. The van der Waals surface area contributed by atoms with Gasteiger partial charge in [-0.3, -0.25) is 9.69 Å². The van der Waals surface area contributed by atoms with Crippen LogP contribution in [0.15, 0.2) is 34.9 Å².